The summed E-state index contributed by atoms with van der Waals surface area (Å²) in [5.74, 6) is 0.608. The second kappa shape index (κ2) is 16.7. The minimum atomic E-state index is -0.787. The van der Waals surface area contributed by atoms with Gasteiger partial charge in [0.15, 0.2) is 17.8 Å². The molecule has 1 fully saturated rings. The van der Waals surface area contributed by atoms with Crippen molar-refractivity contribution < 1.29 is 38.7 Å². The van der Waals surface area contributed by atoms with Gasteiger partial charge in [0.1, 0.15) is 0 Å². The van der Waals surface area contributed by atoms with Crippen LogP contribution in [0.5, 0.6) is 11.5 Å². The van der Waals surface area contributed by atoms with E-state index in [1.165, 1.54) is 11.1 Å². The number of methoxy groups -OCH3 is 2. The van der Waals surface area contributed by atoms with Crippen molar-refractivity contribution in [3.8, 4) is 11.5 Å². The summed E-state index contributed by atoms with van der Waals surface area (Å²) in [6.07, 6.45) is 4.10. The summed E-state index contributed by atoms with van der Waals surface area (Å²) in [7, 11) is 3.31. The van der Waals surface area contributed by atoms with Crippen LogP contribution in [0.4, 0.5) is 5.69 Å². The van der Waals surface area contributed by atoms with Crippen molar-refractivity contribution in [3.63, 3.8) is 0 Å². The lowest BCUT2D eigenvalue weighted by molar-refractivity contribution is -0.253. The third-order valence-electron chi connectivity index (χ3n) is 8.86. The highest BCUT2D eigenvalue weighted by molar-refractivity contribution is 5.90. The highest BCUT2D eigenvalue weighted by atomic mass is 16.7. The highest BCUT2D eigenvalue weighted by Crippen LogP contribution is 2.39. The van der Waals surface area contributed by atoms with Gasteiger partial charge in [0.25, 0.3) is 0 Å². The highest BCUT2D eigenvalue weighted by Gasteiger charge is 2.34. The minimum absolute atomic E-state index is 0.0174. The van der Waals surface area contributed by atoms with E-state index in [1.807, 2.05) is 48.5 Å². The van der Waals surface area contributed by atoms with Crippen molar-refractivity contribution in [2.24, 2.45) is 0 Å². The Morgan fingerprint density at radius 3 is 2.32 bits per heavy atom. The third kappa shape index (κ3) is 9.54. The number of hydrogen-bond acceptors (Lipinski definition) is 8. The summed E-state index contributed by atoms with van der Waals surface area (Å²) in [4.78, 5) is 25.8. The quantitative estimate of drug-likeness (QED) is 0.166. The van der Waals surface area contributed by atoms with Crippen LogP contribution in [0.15, 0.2) is 60.7 Å². The molecular weight excluding hydrogens is 600 g/mol. The predicted octanol–water partition coefficient (Wildman–Crippen LogP) is 6.16. The lowest BCUT2D eigenvalue weighted by Crippen LogP contribution is -2.41. The van der Waals surface area contributed by atoms with Crippen molar-refractivity contribution >= 4 is 17.6 Å². The molecule has 10 heteroatoms. The zero-order valence-corrected chi connectivity index (χ0v) is 27.3. The predicted molar refractivity (Wildman–Crippen MR) is 177 cm³/mol. The van der Waals surface area contributed by atoms with Crippen LogP contribution in [0.1, 0.15) is 85.2 Å². The van der Waals surface area contributed by atoms with Gasteiger partial charge in [0.05, 0.1) is 33.0 Å². The fourth-order valence-corrected chi connectivity index (χ4v) is 6.32. The van der Waals surface area contributed by atoms with Crippen LogP contribution in [-0.2, 0) is 38.6 Å². The van der Waals surface area contributed by atoms with Gasteiger partial charge in [-0.3, -0.25) is 14.5 Å². The van der Waals surface area contributed by atoms with E-state index < -0.39 is 12.3 Å². The van der Waals surface area contributed by atoms with E-state index in [2.05, 4.69) is 22.3 Å². The zero-order chi connectivity index (χ0) is 33.2. The number of unbranched alkanes of at least 4 members (excludes halogenated alkanes) is 3. The first-order chi connectivity index (χ1) is 22.8. The lowest BCUT2D eigenvalue weighted by atomic mass is 9.97. The molecule has 0 radical (unpaired) electrons. The molecule has 47 heavy (non-hydrogen) atoms. The van der Waals surface area contributed by atoms with Crippen molar-refractivity contribution in [1.29, 1.82) is 0 Å². The molecule has 1 saturated heterocycles. The van der Waals surface area contributed by atoms with E-state index >= 15 is 0 Å². The average Bonchev–Trinajstić information content (AvgIpc) is 3.09. The number of rotatable bonds is 15. The Morgan fingerprint density at radius 1 is 0.894 bits per heavy atom. The van der Waals surface area contributed by atoms with Gasteiger partial charge in [-0.25, -0.2) is 0 Å². The Hall–Kier alpha value is -3.96. The molecule has 0 saturated carbocycles. The number of aliphatic hydroxyl groups excluding tert-OH is 1. The Labute approximate surface area is 276 Å². The average molecular weight is 647 g/mol. The number of carbonyl (C=O) groups is 2. The van der Waals surface area contributed by atoms with Crippen LogP contribution >= 0.6 is 0 Å². The monoisotopic (exact) mass is 646 g/mol. The Kier molecular flexibility index (Phi) is 12.2. The molecule has 3 aromatic carbocycles. The number of aliphatic carboxylic acids is 1. The topological polar surface area (TPSA) is 127 Å². The summed E-state index contributed by atoms with van der Waals surface area (Å²) in [5.41, 5.74) is 5.85. The summed E-state index contributed by atoms with van der Waals surface area (Å²) in [6, 6.07) is 19.6. The molecule has 5 rings (SSSR count). The fourth-order valence-electron chi connectivity index (χ4n) is 6.32. The molecule has 2 heterocycles. The maximum atomic E-state index is 12.7. The van der Waals surface area contributed by atoms with Crippen molar-refractivity contribution in [1.82, 2.24) is 4.90 Å². The zero-order valence-electron chi connectivity index (χ0n) is 27.3. The minimum Gasteiger partial charge on any atom is -0.493 e. The molecule has 1 amide bonds. The molecule has 2 aliphatic heterocycles. The van der Waals surface area contributed by atoms with Gasteiger partial charge in [0.2, 0.25) is 5.91 Å². The first kappa shape index (κ1) is 34.4. The number of hydrogen-bond donors (Lipinski definition) is 3. The number of nitrogens with one attached hydrogen (secondary N) is 1. The molecule has 0 aromatic heterocycles. The number of carboxylic acids is 1. The number of amides is 1. The molecule has 3 atom stereocenters. The molecule has 3 N–H and O–H groups in total. The Balaban J connectivity index is 1.26. The van der Waals surface area contributed by atoms with Gasteiger partial charge < -0.3 is 34.5 Å². The molecule has 3 aromatic rings. The van der Waals surface area contributed by atoms with Gasteiger partial charge in [-0.15, -0.1) is 0 Å². The molecule has 252 valence electrons. The fraction of sp³-hybridized carbons (Fsp3) is 0.459. The van der Waals surface area contributed by atoms with Crippen molar-refractivity contribution in [3.05, 3.63) is 88.5 Å². The van der Waals surface area contributed by atoms with Crippen molar-refractivity contribution in [2.45, 2.75) is 83.0 Å². The van der Waals surface area contributed by atoms with Gasteiger partial charge >= 0.3 is 5.97 Å². The van der Waals surface area contributed by atoms with Crippen LogP contribution in [0.25, 0.3) is 0 Å². The number of carbonyl (C=O) groups excluding carboxylic acids is 1. The lowest BCUT2D eigenvalue weighted by Gasteiger charge is -2.39. The van der Waals surface area contributed by atoms with E-state index in [0.717, 1.165) is 67.1 Å². The first-order valence-corrected chi connectivity index (χ1v) is 16.4. The number of aliphatic hydroxyl groups is 1. The Bertz CT molecular complexity index is 1490. The number of nitrogens with zero attached hydrogens (tertiary/aromatic N) is 1. The Morgan fingerprint density at radius 2 is 1.62 bits per heavy atom. The second-order valence-corrected chi connectivity index (χ2v) is 12.3. The molecule has 0 spiro atoms. The first-order valence-electron chi connectivity index (χ1n) is 16.4. The van der Waals surface area contributed by atoms with E-state index in [-0.39, 0.29) is 31.1 Å². The molecule has 3 unspecified atom stereocenters. The normalized spacial score (nSPS) is 19.5. The smallest absolute Gasteiger partial charge is 0.303 e. The van der Waals surface area contributed by atoms with E-state index in [4.69, 9.17) is 24.1 Å². The van der Waals surface area contributed by atoms with Gasteiger partial charge in [0, 0.05) is 50.1 Å². The van der Waals surface area contributed by atoms with Gasteiger partial charge in [-0.05, 0) is 65.8 Å². The maximum absolute atomic E-state index is 12.7. The summed E-state index contributed by atoms with van der Waals surface area (Å²) in [6.45, 7) is 2.38. The van der Waals surface area contributed by atoms with E-state index in [9.17, 15) is 14.7 Å². The molecule has 0 aliphatic carbocycles. The molecule has 10 nitrogen and oxygen atoms in total. The van der Waals surface area contributed by atoms with Crippen LogP contribution < -0.4 is 14.8 Å². The number of benzene rings is 3. The van der Waals surface area contributed by atoms with Crippen LogP contribution in [0.2, 0.25) is 0 Å². The maximum Gasteiger partial charge on any atom is 0.303 e. The van der Waals surface area contributed by atoms with Crippen LogP contribution in [0.3, 0.4) is 0 Å². The molecule has 0 bridgehead atoms. The van der Waals surface area contributed by atoms with Gasteiger partial charge in [-0.1, -0.05) is 49.2 Å². The standard InChI is InChI=1S/C37H46N2O8/c1-44-33-19-27-16-17-39(22-29(27)20-34(33)45-2)23-31-21-32(26-14-12-25(24-40)13-15-26)47-37(46-31)28-8-7-9-30(18-28)38-35(41)10-5-3-4-6-11-36(42)43/h7-9,12-15,18-20,31-32,37,40H,3-6,10-11,16-17,21-24H2,1-2H3,(H,38,41)(H,42,43). The van der Waals surface area contributed by atoms with Crippen LogP contribution in [-0.4, -0.2) is 60.4 Å². The summed E-state index contributed by atoms with van der Waals surface area (Å²) in [5, 5.41) is 21.3. The SMILES string of the molecule is COc1cc2c(cc1OC)CN(CC1CC(c3ccc(CO)cc3)OC(c3cccc(NC(=O)CCCCCCC(=O)O)c3)O1)CC2. The largest absolute Gasteiger partial charge is 0.493 e. The van der Waals surface area contributed by atoms with Crippen LogP contribution in [0, 0.1) is 0 Å². The van der Waals surface area contributed by atoms with Crippen molar-refractivity contribution in [2.75, 3.05) is 32.6 Å². The summed E-state index contributed by atoms with van der Waals surface area (Å²) < 4.78 is 24.2. The van der Waals surface area contributed by atoms with E-state index in [1.54, 1.807) is 14.2 Å². The number of ether oxygens (including phenoxy) is 4. The number of anilines is 1. The summed E-state index contributed by atoms with van der Waals surface area (Å²) >= 11 is 0. The second-order valence-electron chi connectivity index (χ2n) is 12.3. The molecule has 2 aliphatic rings. The number of fused-ring (bicyclic) bond motifs is 1. The number of carboxylic acid groups (broad SMARTS) is 1. The van der Waals surface area contributed by atoms with E-state index in [0.29, 0.717) is 31.4 Å². The van der Waals surface area contributed by atoms with Gasteiger partial charge in [-0.2, -0.15) is 0 Å². The third-order valence-corrected chi connectivity index (χ3v) is 8.86. The molecular formula is C37H46N2O8.